The Hall–Kier alpha value is -0.620. The van der Waals surface area contributed by atoms with Gasteiger partial charge >= 0.3 is 0 Å². The fraction of sp³-hybridized carbons (Fsp3) is 0.200. The third-order valence-electron chi connectivity index (χ3n) is 2.18. The Morgan fingerprint density at radius 3 is 3.00 bits per heavy atom. The van der Waals surface area contributed by atoms with E-state index >= 15 is 0 Å². The van der Waals surface area contributed by atoms with E-state index in [1.807, 2.05) is 18.3 Å². The summed E-state index contributed by atoms with van der Waals surface area (Å²) in [6, 6.07) is 6.81. The number of rotatable bonds is 3. The minimum Gasteiger partial charge on any atom is -0.346 e. The average molecular weight is 304 g/mol. The van der Waals surface area contributed by atoms with Gasteiger partial charge in [0.15, 0.2) is 0 Å². The van der Waals surface area contributed by atoms with Crippen molar-refractivity contribution in [1.82, 2.24) is 8.10 Å². The number of hydrogen-bond donors (Lipinski definition) is 1. The van der Waals surface area contributed by atoms with Crippen molar-refractivity contribution in [2.45, 2.75) is 6.54 Å². The van der Waals surface area contributed by atoms with Gasteiger partial charge in [-0.25, -0.2) is 4.39 Å². The van der Waals surface area contributed by atoms with E-state index in [4.69, 9.17) is 0 Å². The maximum atomic E-state index is 12.9. The molecule has 1 heterocycles. The number of nitrogens with one attached hydrogen (secondary N) is 1. The second kappa shape index (κ2) is 4.27. The van der Waals surface area contributed by atoms with E-state index in [1.165, 1.54) is 6.07 Å². The third-order valence-corrected chi connectivity index (χ3v) is 2.72. The molecule has 0 unspecified atom stereocenters. The highest BCUT2D eigenvalue weighted by Gasteiger charge is 2.00. The van der Waals surface area contributed by atoms with E-state index < -0.39 is 0 Å². The largest absolute Gasteiger partial charge is 0.346 e. The minimum absolute atomic E-state index is 0.178. The summed E-state index contributed by atoms with van der Waals surface area (Å²) in [4.78, 5) is 0. The van der Waals surface area contributed by atoms with Crippen LogP contribution in [0.15, 0.2) is 30.5 Å². The number of nitrogens with zero attached hydrogens (tertiary/aromatic N) is 1. The molecule has 14 heavy (non-hydrogen) atoms. The lowest BCUT2D eigenvalue weighted by atomic mass is 10.2. The minimum atomic E-state index is -0.178. The molecule has 0 amide bonds. The summed E-state index contributed by atoms with van der Waals surface area (Å²) in [6.07, 6.45) is 1.98. The van der Waals surface area contributed by atoms with E-state index in [0.29, 0.717) is 0 Å². The number of halogens is 2. The van der Waals surface area contributed by atoms with Gasteiger partial charge in [0.05, 0.1) is 0 Å². The zero-order valence-electron chi connectivity index (χ0n) is 7.50. The van der Waals surface area contributed by atoms with Gasteiger partial charge in [-0.3, -0.25) is 3.53 Å². The van der Waals surface area contributed by atoms with Crippen molar-refractivity contribution >= 4 is 33.8 Å². The lowest BCUT2D eigenvalue weighted by Crippen LogP contribution is -2.09. The summed E-state index contributed by atoms with van der Waals surface area (Å²) in [5, 5.41) is 0.957. The zero-order chi connectivity index (χ0) is 9.97. The molecule has 4 heteroatoms. The Morgan fingerprint density at radius 1 is 1.36 bits per heavy atom. The van der Waals surface area contributed by atoms with Crippen molar-refractivity contribution in [2.75, 3.05) is 6.54 Å². The Bertz CT molecular complexity index is 439. The maximum Gasteiger partial charge on any atom is 0.123 e. The molecule has 2 nitrogen and oxygen atoms in total. The van der Waals surface area contributed by atoms with Gasteiger partial charge < -0.3 is 4.57 Å². The monoisotopic (exact) mass is 304 g/mol. The first kappa shape index (κ1) is 9.92. The number of aromatic nitrogens is 1. The lowest BCUT2D eigenvalue weighted by molar-refractivity contribution is 0.629. The summed E-state index contributed by atoms with van der Waals surface area (Å²) in [6.45, 7) is 1.81. The van der Waals surface area contributed by atoms with Crippen LogP contribution in [-0.2, 0) is 6.54 Å². The molecule has 0 aliphatic rings. The van der Waals surface area contributed by atoms with Gasteiger partial charge in [0.25, 0.3) is 0 Å². The van der Waals surface area contributed by atoms with Crippen LogP contribution < -0.4 is 3.53 Å². The van der Waals surface area contributed by atoms with Gasteiger partial charge in [0.1, 0.15) is 5.82 Å². The van der Waals surface area contributed by atoms with Gasteiger partial charge in [-0.1, -0.05) is 0 Å². The van der Waals surface area contributed by atoms with E-state index in [2.05, 4.69) is 31.0 Å². The predicted molar refractivity (Wildman–Crippen MR) is 63.9 cm³/mol. The fourth-order valence-electron chi connectivity index (χ4n) is 1.53. The summed E-state index contributed by atoms with van der Waals surface area (Å²) in [5.41, 5.74) is 1.08. The van der Waals surface area contributed by atoms with Crippen molar-refractivity contribution < 1.29 is 4.39 Å². The second-order valence-corrected chi connectivity index (χ2v) is 3.86. The Labute approximate surface area is 95.6 Å². The molecule has 0 aliphatic carbocycles. The van der Waals surface area contributed by atoms with Crippen LogP contribution in [0.4, 0.5) is 4.39 Å². The van der Waals surface area contributed by atoms with Crippen molar-refractivity contribution in [2.24, 2.45) is 0 Å². The molecule has 0 fully saturated rings. The van der Waals surface area contributed by atoms with E-state index in [9.17, 15) is 4.39 Å². The smallest absolute Gasteiger partial charge is 0.123 e. The molecule has 1 N–H and O–H groups in total. The summed E-state index contributed by atoms with van der Waals surface area (Å²) in [5.74, 6) is -0.178. The van der Waals surface area contributed by atoms with Crippen LogP contribution >= 0.6 is 22.9 Å². The highest BCUT2D eigenvalue weighted by atomic mass is 127. The number of hydrogen-bond acceptors (Lipinski definition) is 1. The maximum absolute atomic E-state index is 12.9. The Morgan fingerprint density at radius 2 is 2.21 bits per heavy atom. The quantitative estimate of drug-likeness (QED) is 0.681. The number of benzene rings is 1. The van der Waals surface area contributed by atoms with Gasteiger partial charge in [0.2, 0.25) is 0 Å². The van der Waals surface area contributed by atoms with Crippen molar-refractivity contribution in [3.8, 4) is 0 Å². The number of fused-ring (bicyclic) bond motifs is 1. The molecular weight excluding hydrogens is 294 g/mol. The molecule has 2 aromatic rings. The van der Waals surface area contributed by atoms with Gasteiger partial charge in [-0.15, -0.1) is 0 Å². The molecule has 1 aromatic heterocycles. The van der Waals surface area contributed by atoms with Crippen LogP contribution in [-0.4, -0.2) is 11.1 Å². The van der Waals surface area contributed by atoms with Crippen LogP contribution in [0.25, 0.3) is 10.9 Å². The molecule has 1 aromatic carbocycles. The van der Waals surface area contributed by atoms with E-state index in [0.717, 1.165) is 24.0 Å². The standard InChI is InChI=1S/C10H10FIN2/c11-9-1-2-10-8(7-9)3-5-14(10)6-4-13-12/h1-3,5,7,13H,4,6H2. The molecule has 0 saturated heterocycles. The molecule has 0 bridgehead atoms. The topological polar surface area (TPSA) is 17.0 Å². The normalized spacial score (nSPS) is 11.0. The highest BCUT2D eigenvalue weighted by Crippen LogP contribution is 2.16. The zero-order valence-corrected chi connectivity index (χ0v) is 9.66. The van der Waals surface area contributed by atoms with Crippen LogP contribution in [0, 0.1) is 5.82 Å². The summed E-state index contributed by atoms with van der Waals surface area (Å²) < 4.78 is 18.0. The lowest BCUT2D eigenvalue weighted by Gasteiger charge is -2.03. The molecule has 0 radical (unpaired) electrons. The van der Waals surface area contributed by atoms with Gasteiger partial charge in [-0.2, -0.15) is 0 Å². The average Bonchev–Trinajstić information content (AvgIpc) is 2.57. The molecule has 0 saturated carbocycles. The predicted octanol–water partition coefficient (Wildman–Crippen LogP) is 2.72. The van der Waals surface area contributed by atoms with Crippen LogP contribution in [0.3, 0.4) is 0 Å². The SMILES string of the molecule is Fc1ccc2c(ccn2CCNI)c1. The van der Waals surface area contributed by atoms with E-state index in [-0.39, 0.29) is 5.82 Å². The molecular formula is C10H10FIN2. The summed E-state index contributed by atoms with van der Waals surface area (Å²) >= 11 is 2.12. The molecule has 74 valence electrons. The first-order chi connectivity index (χ1) is 6.81. The van der Waals surface area contributed by atoms with Crippen molar-refractivity contribution in [3.63, 3.8) is 0 Å². The first-order valence-corrected chi connectivity index (χ1v) is 5.47. The molecule has 2 rings (SSSR count). The van der Waals surface area contributed by atoms with Crippen LogP contribution in [0.2, 0.25) is 0 Å². The van der Waals surface area contributed by atoms with Crippen molar-refractivity contribution in [1.29, 1.82) is 0 Å². The van der Waals surface area contributed by atoms with Gasteiger partial charge in [0, 0.05) is 53.1 Å². The van der Waals surface area contributed by atoms with Crippen molar-refractivity contribution in [3.05, 3.63) is 36.3 Å². The highest BCUT2D eigenvalue weighted by molar-refractivity contribution is 14.1. The fourth-order valence-corrected chi connectivity index (χ4v) is 1.77. The summed E-state index contributed by atoms with van der Waals surface area (Å²) in [7, 11) is 0. The van der Waals surface area contributed by atoms with Crippen LogP contribution in [0.1, 0.15) is 0 Å². The second-order valence-electron chi connectivity index (χ2n) is 3.10. The molecule has 0 aliphatic heterocycles. The molecule has 0 spiro atoms. The Balaban J connectivity index is 2.37. The first-order valence-electron chi connectivity index (χ1n) is 4.39. The van der Waals surface area contributed by atoms with E-state index in [1.54, 1.807) is 6.07 Å². The van der Waals surface area contributed by atoms with Gasteiger partial charge in [-0.05, 0) is 24.3 Å². The molecule has 0 atom stereocenters. The Kier molecular flexibility index (Phi) is 3.02. The third kappa shape index (κ3) is 1.90. The van der Waals surface area contributed by atoms with Crippen LogP contribution in [0.5, 0.6) is 0 Å².